The van der Waals surface area contributed by atoms with E-state index in [1.54, 1.807) is 18.2 Å². The van der Waals surface area contributed by atoms with Crippen molar-refractivity contribution >= 4 is 23.2 Å². The Hall–Kier alpha value is -2.11. The van der Waals surface area contributed by atoms with E-state index in [0.717, 1.165) is 6.07 Å². The molecule has 0 amide bonds. The first-order chi connectivity index (χ1) is 10.0. The maximum atomic E-state index is 13.0. The molecule has 0 unspecified atom stereocenters. The highest BCUT2D eigenvalue weighted by molar-refractivity contribution is 6.42. The summed E-state index contributed by atoms with van der Waals surface area (Å²) in [7, 11) is 0. The summed E-state index contributed by atoms with van der Waals surface area (Å²) in [5.74, 6) is -0.472. The van der Waals surface area contributed by atoms with Crippen molar-refractivity contribution in [2.75, 3.05) is 0 Å². The molecule has 4 nitrogen and oxygen atoms in total. The lowest BCUT2D eigenvalue weighted by Gasteiger charge is -1.99. The van der Waals surface area contributed by atoms with Crippen LogP contribution in [0.25, 0.3) is 22.8 Å². The summed E-state index contributed by atoms with van der Waals surface area (Å²) in [5.41, 5.74) is 0.858. The Morgan fingerprint density at radius 1 is 1.05 bits per heavy atom. The molecule has 0 saturated carbocycles. The third kappa shape index (κ3) is 2.70. The molecule has 0 atom stereocenters. The third-order valence-corrected chi connectivity index (χ3v) is 3.53. The van der Waals surface area contributed by atoms with Gasteiger partial charge in [-0.2, -0.15) is 4.98 Å². The van der Waals surface area contributed by atoms with Crippen LogP contribution >= 0.6 is 23.2 Å². The van der Waals surface area contributed by atoms with Crippen LogP contribution in [0.4, 0.5) is 4.39 Å². The summed E-state index contributed by atoms with van der Waals surface area (Å²) in [6.07, 6.45) is 0. The summed E-state index contributed by atoms with van der Waals surface area (Å²) in [4.78, 5) is 4.15. The molecule has 0 aliphatic rings. The van der Waals surface area contributed by atoms with Gasteiger partial charge in [0, 0.05) is 11.6 Å². The van der Waals surface area contributed by atoms with Crippen LogP contribution in [-0.4, -0.2) is 15.2 Å². The highest BCUT2D eigenvalue weighted by Crippen LogP contribution is 2.31. The maximum absolute atomic E-state index is 13.0. The zero-order chi connectivity index (χ0) is 15.0. The molecule has 106 valence electrons. The number of nitrogens with zero attached hydrogens (tertiary/aromatic N) is 2. The lowest BCUT2D eigenvalue weighted by Crippen LogP contribution is -1.83. The Morgan fingerprint density at radius 2 is 1.86 bits per heavy atom. The molecular formula is C14H7Cl2FN2O2. The Kier molecular flexibility index (Phi) is 3.53. The largest absolute Gasteiger partial charge is 0.507 e. The molecule has 0 bridgehead atoms. The molecule has 7 heteroatoms. The summed E-state index contributed by atoms with van der Waals surface area (Å²) < 4.78 is 18.0. The topological polar surface area (TPSA) is 59.2 Å². The van der Waals surface area contributed by atoms with E-state index in [4.69, 9.17) is 27.7 Å². The summed E-state index contributed by atoms with van der Waals surface area (Å²) >= 11 is 11.8. The van der Waals surface area contributed by atoms with Gasteiger partial charge in [-0.1, -0.05) is 28.4 Å². The van der Waals surface area contributed by atoms with Gasteiger partial charge >= 0.3 is 0 Å². The molecule has 0 aliphatic carbocycles. The van der Waals surface area contributed by atoms with Crippen LogP contribution in [0.2, 0.25) is 10.0 Å². The zero-order valence-corrected chi connectivity index (χ0v) is 11.9. The van der Waals surface area contributed by atoms with E-state index < -0.39 is 5.82 Å². The van der Waals surface area contributed by atoms with Gasteiger partial charge in [0.15, 0.2) is 0 Å². The van der Waals surface area contributed by atoms with E-state index >= 15 is 0 Å². The van der Waals surface area contributed by atoms with Gasteiger partial charge < -0.3 is 9.63 Å². The molecule has 0 fully saturated rings. The molecule has 0 spiro atoms. The highest BCUT2D eigenvalue weighted by atomic mass is 35.5. The fourth-order valence-corrected chi connectivity index (χ4v) is 2.07. The van der Waals surface area contributed by atoms with Crippen LogP contribution in [0.5, 0.6) is 5.75 Å². The van der Waals surface area contributed by atoms with Gasteiger partial charge in [-0.05, 0) is 30.3 Å². The average molecular weight is 325 g/mol. The molecule has 1 N–H and O–H groups in total. The van der Waals surface area contributed by atoms with Gasteiger partial charge in [0.2, 0.25) is 5.82 Å². The van der Waals surface area contributed by atoms with Crippen molar-refractivity contribution in [1.29, 1.82) is 0 Å². The van der Waals surface area contributed by atoms with Gasteiger partial charge in [-0.3, -0.25) is 0 Å². The number of phenolic OH excluding ortho intramolecular Hbond substituents is 1. The number of phenols is 1. The number of halogens is 3. The number of benzene rings is 2. The van der Waals surface area contributed by atoms with Crippen molar-refractivity contribution < 1.29 is 14.0 Å². The van der Waals surface area contributed by atoms with E-state index in [1.165, 1.54) is 12.1 Å². The van der Waals surface area contributed by atoms with Gasteiger partial charge in [-0.15, -0.1) is 0 Å². The Bertz CT molecular complexity index is 820. The lowest BCUT2D eigenvalue weighted by molar-refractivity contribution is 0.425. The summed E-state index contributed by atoms with van der Waals surface area (Å²) in [6.45, 7) is 0. The van der Waals surface area contributed by atoms with Crippen LogP contribution in [0.3, 0.4) is 0 Å². The predicted molar refractivity (Wildman–Crippen MR) is 76.8 cm³/mol. The molecular weight excluding hydrogens is 318 g/mol. The molecule has 21 heavy (non-hydrogen) atoms. The van der Waals surface area contributed by atoms with E-state index in [2.05, 4.69) is 10.1 Å². The molecule has 0 saturated heterocycles. The minimum absolute atomic E-state index is 0.0774. The van der Waals surface area contributed by atoms with E-state index in [1.807, 2.05) is 0 Å². The van der Waals surface area contributed by atoms with Crippen molar-refractivity contribution in [3.05, 3.63) is 52.3 Å². The second-order valence-electron chi connectivity index (χ2n) is 4.21. The fraction of sp³-hybridized carbons (Fsp3) is 0. The van der Waals surface area contributed by atoms with Crippen molar-refractivity contribution in [2.45, 2.75) is 0 Å². The van der Waals surface area contributed by atoms with Crippen molar-refractivity contribution in [1.82, 2.24) is 10.1 Å². The second kappa shape index (κ2) is 5.35. The summed E-state index contributed by atoms with van der Waals surface area (Å²) in [5, 5.41) is 14.3. The van der Waals surface area contributed by atoms with Crippen molar-refractivity contribution in [3.8, 4) is 28.6 Å². The first-order valence-electron chi connectivity index (χ1n) is 5.82. The number of hydrogen-bond donors (Lipinski definition) is 1. The Labute approximate surface area is 128 Å². The van der Waals surface area contributed by atoms with Gasteiger partial charge in [0.1, 0.15) is 11.6 Å². The maximum Gasteiger partial charge on any atom is 0.262 e. The minimum atomic E-state index is -0.555. The normalized spacial score (nSPS) is 10.8. The molecule has 2 aromatic carbocycles. The average Bonchev–Trinajstić information content (AvgIpc) is 2.91. The van der Waals surface area contributed by atoms with Crippen LogP contribution in [0, 0.1) is 5.82 Å². The molecule has 1 aromatic heterocycles. The molecule has 0 radical (unpaired) electrons. The van der Waals surface area contributed by atoms with Crippen LogP contribution in [0.15, 0.2) is 40.9 Å². The number of aromatic hydroxyl groups is 1. The quantitative estimate of drug-likeness (QED) is 0.751. The van der Waals surface area contributed by atoms with Crippen molar-refractivity contribution in [3.63, 3.8) is 0 Å². The first-order valence-corrected chi connectivity index (χ1v) is 6.58. The lowest BCUT2D eigenvalue weighted by atomic mass is 10.2. The SMILES string of the molecule is Oc1cc(F)ccc1-c1nc(-c2ccc(Cl)c(Cl)c2)no1. The zero-order valence-electron chi connectivity index (χ0n) is 10.3. The third-order valence-electron chi connectivity index (χ3n) is 2.79. The van der Waals surface area contributed by atoms with Gasteiger partial charge in [0.05, 0.1) is 15.6 Å². The van der Waals surface area contributed by atoms with E-state index in [0.29, 0.717) is 15.6 Å². The highest BCUT2D eigenvalue weighted by Gasteiger charge is 2.15. The standard InChI is InChI=1S/C14H7Cl2FN2O2/c15-10-4-1-7(5-11(10)16)13-18-14(21-19-13)9-3-2-8(17)6-12(9)20/h1-6,20H. The number of aromatic nitrogens is 2. The van der Waals surface area contributed by atoms with Crippen LogP contribution in [0.1, 0.15) is 0 Å². The monoisotopic (exact) mass is 324 g/mol. The van der Waals surface area contributed by atoms with Gasteiger partial charge in [0.25, 0.3) is 5.89 Å². The van der Waals surface area contributed by atoms with E-state index in [9.17, 15) is 9.50 Å². The molecule has 0 aliphatic heterocycles. The molecule has 3 rings (SSSR count). The first kappa shape index (κ1) is 13.9. The van der Waals surface area contributed by atoms with Gasteiger partial charge in [-0.25, -0.2) is 4.39 Å². The molecule has 3 aromatic rings. The second-order valence-corrected chi connectivity index (χ2v) is 5.03. The Morgan fingerprint density at radius 3 is 2.57 bits per heavy atom. The summed E-state index contributed by atoms with van der Waals surface area (Å²) in [6, 6.07) is 8.42. The smallest absolute Gasteiger partial charge is 0.262 e. The predicted octanol–water partition coefficient (Wildman–Crippen LogP) is 4.56. The molecule has 1 heterocycles. The Balaban J connectivity index is 2.01. The van der Waals surface area contributed by atoms with Crippen LogP contribution in [-0.2, 0) is 0 Å². The van der Waals surface area contributed by atoms with E-state index in [-0.39, 0.29) is 23.0 Å². The number of rotatable bonds is 2. The van der Waals surface area contributed by atoms with Crippen molar-refractivity contribution in [2.24, 2.45) is 0 Å². The van der Waals surface area contributed by atoms with Crippen LogP contribution < -0.4 is 0 Å². The number of hydrogen-bond acceptors (Lipinski definition) is 4. The fourth-order valence-electron chi connectivity index (χ4n) is 1.77. The minimum Gasteiger partial charge on any atom is -0.507 e.